The van der Waals surface area contributed by atoms with Crippen LogP contribution in [0, 0.1) is 19.8 Å². The van der Waals surface area contributed by atoms with Crippen molar-refractivity contribution in [3.63, 3.8) is 0 Å². The first-order valence-electron chi connectivity index (χ1n) is 7.47. The number of likely N-dealkylation sites (tertiary alicyclic amines) is 1. The van der Waals surface area contributed by atoms with Crippen molar-refractivity contribution in [1.29, 1.82) is 0 Å². The molecular formula is C15H23N5S. The van der Waals surface area contributed by atoms with E-state index in [9.17, 15) is 0 Å². The Bertz CT molecular complexity index is 651. The molecule has 114 valence electrons. The number of nitrogens with one attached hydrogen (secondary N) is 1. The Balaban J connectivity index is 1.79. The van der Waals surface area contributed by atoms with Gasteiger partial charge in [-0.2, -0.15) is 0 Å². The van der Waals surface area contributed by atoms with Gasteiger partial charge < -0.3 is 11.1 Å². The molecule has 3 heterocycles. The molecule has 1 fully saturated rings. The second-order valence-corrected chi connectivity index (χ2v) is 7.14. The number of fused-ring (bicyclic) bond motifs is 1. The molecule has 3 rings (SSSR count). The highest BCUT2D eigenvalue weighted by molar-refractivity contribution is 7.18. The molecule has 0 bridgehead atoms. The number of nitrogens with zero attached hydrogens (tertiary/aromatic N) is 3. The minimum absolute atomic E-state index is 0.628. The fourth-order valence-electron chi connectivity index (χ4n) is 3.11. The van der Waals surface area contributed by atoms with Crippen LogP contribution in [0.1, 0.15) is 22.7 Å². The maximum Gasteiger partial charge on any atom is 0.146 e. The number of rotatable bonds is 4. The topological polar surface area (TPSA) is 67.1 Å². The molecule has 1 aliphatic heterocycles. The third-order valence-electron chi connectivity index (χ3n) is 4.33. The van der Waals surface area contributed by atoms with E-state index in [1.807, 2.05) is 7.05 Å². The summed E-state index contributed by atoms with van der Waals surface area (Å²) in [7, 11) is 2.02. The molecule has 1 saturated heterocycles. The fraction of sp³-hybridized carbons (Fsp3) is 0.600. The number of aromatic nitrogens is 2. The molecule has 1 atom stereocenters. The van der Waals surface area contributed by atoms with Crippen molar-refractivity contribution in [2.24, 2.45) is 5.92 Å². The van der Waals surface area contributed by atoms with Gasteiger partial charge >= 0.3 is 0 Å². The maximum absolute atomic E-state index is 6.15. The lowest BCUT2D eigenvalue weighted by molar-refractivity contribution is 0.308. The molecule has 1 unspecified atom stereocenters. The van der Waals surface area contributed by atoms with E-state index in [1.165, 1.54) is 16.9 Å². The van der Waals surface area contributed by atoms with Gasteiger partial charge in [-0.25, -0.2) is 9.97 Å². The molecule has 0 aromatic carbocycles. The molecule has 0 spiro atoms. The fourth-order valence-corrected chi connectivity index (χ4v) is 4.16. The molecule has 1 aliphatic rings. The van der Waals surface area contributed by atoms with Crippen LogP contribution in [0.15, 0.2) is 0 Å². The molecule has 5 nitrogen and oxygen atoms in total. The first-order valence-corrected chi connectivity index (χ1v) is 8.29. The largest absolute Gasteiger partial charge is 0.383 e. The van der Waals surface area contributed by atoms with Crippen molar-refractivity contribution in [3.05, 3.63) is 16.3 Å². The Morgan fingerprint density at radius 3 is 2.95 bits per heavy atom. The normalized spacial score (nSPS) is 19.7. The monoisotopic (exact) mass is 305 g/mol. The summed E-state index contributed by atoms with van der Waals surface area (Å²) < 4.78 is 0. The van der Waals surface area contributed by atoms with E-state index >= 15 is 0 Å². The number of hydrogen-bond donors (Lipinski definition) is 2. The Morgan fingerprint density at radius 2 is 2.19 bits per heavy atom. The summed E-state index contributed by atoms with van der Waals surface area (Å²) in [5.74, 6) is 2.22. The van der Waals surface area contributed by atoms with Crippen molar-refractivity contribution in [1.82, 2.24) is 20.2 Å². The minimum atomic E-state index is 0.628. The molecule has 3 N–H and O–H groups in total. The van der Waals surface area contributed by atoms with E-state index < -0.39 is 0 Å². The van der Waals surface area contributed by atoms with Gasteiger partial charge in [-0.05, 0) is 51.9 Å². The second-order valence-electron chi connectivity index (χ2n) is 5.94. The molecule has 0 saturated carbocycles. The van der Waals surface area contributed by atoms with Crippen molar-refractivity contribution in [3.8, 4) is 0 Å². The Morgan fingerprint density at radius 1 is 1.38 bits per heavy atom. The van der Waals surface area contributed by atoms with Crippen LogP contribution in [-0.4, -0.2) is 41.5 Å². The van der Waals surface area contributed by atoms with Crippen molar-refractivity contribution < 1.29 is 0 Å². The summed E-state index contributed by atoms with van der Waals surface area (Å²) in [5.41, 5.74) is 7.36. The number of nitrogen functional groups attached to an aromatic ring is 1. The first kappa shape index (κ1) is 14.7. The lowest BCUT2D eigenvalue weighted by Gasteiger charge is -2.15. The number of thiophene rings is 1. The van der Waals surface area contributed by atoms with Gasteiger partial charge in [-0.3, -0.25) is 4.90 Å². The second kappa shape index (κ2) is 5.87. The third kappa shape index (κ3) is 2.88. The Labute approximate surface area is 129 Å². The van der Waals surface area contributed by atoms with Gasteiger partial charge in [0, 0.05) is 11.4 Å². The van der Waals surface area contributed by atoms with Crippen molar-refractivity contribution >= 4 is 27.4 Å². The Hall–Kier alpha value is -1.24. The molecule has 6 heteroatoms. The van der Waals surface area contributed by atoms with Crippen LogP contribution < -0.4 is 11.1 Å². The molecule has 0 aliphatic carbocycles. The molecule has 2 aromatic heterocycles. The lowest BCUT2D eigenvalue weighted by Crippen LogP contribution is -2.25. The van der Waals surface area contributed by atoms with Crippen LogP contribution in [-0.2, 0) is 6.54 Å². The van der Waals surface area contributed by atoms with E-state index in [0.29, 0.717) is 5.82 Å². The SMILES string of the molecule is CNCC1CCN(Cc2nc(N)c3c(C)c(C)sc3n2)C1. The van der Waals surface area contributed by atoms with Gasteiger partial charge in [0.25, 0.3) is 0 Å². The minimum Gasteiger partial charge on any atom is -0.383 e. The smallest absolute Gasteiger partial charge is 0.146 e. The molecule has 21 heavy (non-hydrogen) atoms. The number of nitrogens with two attached hydrogens (primary N) is 1. The highest BCUT2D eigenvalue weighted by Crippen LogP contribution is 2.32. The standard InChI is InChI=1S/C15H23N5S/c1-9-10(2)21-15-13(9)14(16)18-12(19-15)8-20-5-4-11(7-20)6-17-3/h11,17H,4-8H2,1-3H3,(H2,16,18,19). The van der Waals surface area contributed by atoms with Gasteiger partial charge in [-0.1, -0.05) is 0 Å². The van der Waals surface area contributed by atoms with Crippen LogP contribution in [0.5, 0.6) is 0 Å². The molecule has 0 radical (unpaired) electrons. The van der Waals surface area contributed by atoms with Gasteiger partial charge in [0.1, 0.15) is 16.5 Å². The predicted octanol–water partition coefficient (Wildman–Crippen LogP) is 1.93. The molecule has 2 aromatic rings. The van der Waals surface area contributed by atoms with Gasteiger partial charge in [0.05, 0.1) is 11.9 Å². The van der Waals surface area contributed by atoms with Crippen LogP contribution in [0.3, 0.4) is 0 Å². The zero-order valence-corrected chi connectivity index (χ0v) is 13.8. The lowest BCUT2D eigenvalue weighted by atomic mass is 10.1. The molecular weight excluding hydrogens is 282 g/mol. The van der Waals surface area contributed by atoms with Gasteiger partial charge in [0.2, 0.25) is 0 Å². The summed E-state index contributed by atoms with van der Waals surface area (Å²) >= 11 is 1.71. The summed E-state index contributed by atoms with van der Waals surface area (Å²) in [6.45, 7) is 8.33. The van der Waals surface area contributed by atoms with E-state index in [1.54, 1.807) is 11.3 Å². The maximum atomic E-state index is 6.15. The van der Waals surface area contributed by atoms with Crippen LogP contribution >= 0.6 is 11.3 Å². The average Bonchev–Trinajstić information content (AvgIpc) is 2.96. The van der Waals surface area contributed by atoms with Crippen LogP contribution in [0.2, 0.25) is 0 Å². The summed E-state index contributed by atoms with van der Waals surface area (Å²) in [6, 6.07) is 0. The zero-order chi connectivity index (χ0) is 15.0. The zero-order valence-electron chi connectivity index (χ0n) is 12.9. The number of hydrogen-bond acceptors (Lipinski definition) is 6. The van der Waals surface area contributed by atoms with Gasteiger partial charge in [0.15, 0.2) is 0 Å². The number of anilines is 1. The summed E-state index contributed by atoms with van der Waals surface area (Å²) in [6.07, 6.45) is 1.25. The quantitative estimate of drug-likeness (QED) is 0.903. The highest BCUT2D eigenvalue weighted by atomic mass is 32.1. The van der Waals surface area contributed by atoms with E-state index in [2.05, 4.69) is 29.0 Å². The summed E-state index contributed by atoms with van der Waals surface area (Å²) in [4.78, 5) is 14.0. The third-order valence-corrected chi connectivity index (χ3v) is 5.43. The van der Waals surface area contributed by atoms with Crippen LogP contribution in [0.4, 0.5) is 5.82 Å². The summed E-state index contributed by atoms with van der Waals surface area (Å²) in [5, 5.41) is 4.30. The van der Waals surface area contributed by atoms with E-state index in [-0.39, 0.29) is 0 Å². The van der Waals surface area contributed by atoms with E-state index in [4.69, 9.17) is 10.7 Å². The predicted molar refractivity (Wildman–Crippen MR) is 88.6 cm³/mol. The Kier molecular flexibility index (Phi) is 4.10. The van der Waals surface area contributed by atoms with Crippen molar-refractivity contribution in [2.75, 3.05) is 32.4 Å². The highest BCUT2D eigenvalue weighted by Gasteiger charge is 2.23. The van der Waals surface area contributed by atoms with Crippen LogP contribution in [0.25, 0.3) is 10.2 Å². The van der Waals surface area contributed by atoms with Gasteiger partial charge in [-0.15, -0.1) is 11.3 Å². The first-order chi connectivity index (χ1) is 10.1. The number of aryl methyl sites for hydroxylation is 2. The molecule has 0 amide bonds. The average molecular weight is 305 g/mol. The van der Waals surface area contributed by atoms with E-state index in [0.717, 1.165) is 48.1 Å². The van der Waals surface area contributed by atoms with Crippen molar-refractivity contribution in [2.45, 2.75) is 26.8 Å².